The van der Waals surface area contributed by atoms with Gasteiger partial charge in [-0.3, -0.25) is 9.78 Å². The van der Waals surface area contributed by atoms with E-state index >= 15 is 0 Å². The van der Waals surface area contributed by atoms with Crippen molar-refractivity contribution in [2.75, 3.05) is 0 Å². The van der Waals surface area contributed by atoms with Crippen LogP contribution >= 0.6 is 0 Å². The van der Waals surface area contributed by atoms with Crippen LogP contribution in [0.1, 0.15) is 88.0 Å². The van der Waals surface area contributed by atoms with Gasteiger partial charge in [-0.05, 0) is 13.3 Å². The molecule has 0 spiro atoms. The molecule has 0 radical (unpaired) electrons. The summed E-state index contributed by atoms with van der Waals surface area (Å²) in [7, 11) is 0. The van der Waals surface area contributed by atoms with Crippen molar-refractivity contribution in [2.24, 2.45) is 0 Å². The number of hydrogen-bond acceptors (Lipinski definition) is 5. The fourth-order valence-corrected chi connectivity index (χ4v) is 2.58. The van der Waals surface area contributed by atoms with Gasteiger partial charge in [0.1, 0.15) is 5.75 Å². The summed E-state index contributed by atoms with van der Waals surface area (Å²) in [6.07, 6.45) is 12.9. The number of aromatic hydroxyl groups is 1. The van der Waals surface area contributed by atoms with Gasteiger partial charge < -0.3 is 20.4 Å². The van der Waals surface area contributed by atoms with Crippen molar-refractivity contribution >= 4 is 5.97 Å². The lowest BCUT2D eigenvalue weighted by molar-refractivity contribution is -0.137. The summed E-state index contributed by atoms with van der Waals surface area (Å²) < 4.78 is 0. The van der Waals surface area contributed by atoms with Gasteiger partial charge in [-0.2, -0.15) is 0 Å². The van der Waals surface area contributed by atoms with Crippen molar-refractivity contribution in [2.45, 2.75) is 91.3 Å². The minimum Gasteiger partial charge on any atom is -0.506 e. The number of carbonyl (C=O) groups is 1. The molecular weight excluding hydrogens is 334 g/mol. The highest BCUT2D eigenvalue weighted by molar-refractivity contribution is 5.66. The average Bonchev–Trinajstić information content (AvgIpc) is 2.62. The van der Waals surface area contributed by atoms with Crippen molar-refractivity contribution in [1.29, 1.82) is 0 Å². The molecular formula is C20H35NO5. The SMILES string of the molecule is CCCCCCCCCCCC(=O)O.Cc1ncc(CO)c(CO)c1O. The minimum atomic E-state index is -0.659. The summed E-state index contributed by atoms with van der Waals surface area (Å²) in [6, 6.07) is 0. The number of rotatable bonds is 12. The van der Waals surface area contributed by atoms with Crippen molar-refractivity contribution in [3.63, 3.8) is 0 Å². The average molecular weight is 370 g/mol. The number of aryl methyl sites for hydroxylation is 1. The molecule has 0 bridgehead atoms. The first-order chi connectivity index (χ1) is 12.5. The quantitative estimate of drug-likeness (QED) is 0.413. The molecule has 0 fully saturated rings. The van der Waals surface area contributed by atoms with Crippen molar-refractivity contribution in [3.8, 4) is 5.75 Å². The van der Waals surface area contributed by atoms with Crippen LogP contribution in [0.15, 0.2) is 6.20 Å². The third-order valence-corrected chi connectivity index (χ3v) is 4.25. The molecule has 0 aliphatic heterocycles. The van der Waals surface area contributed by atoms with Crippen LogP contribution in [-0.2, 0) is 18.0 Å². The second-order valence-electron chi connectivity index (χ2n) is 6.48. The fraction of sp³-hybridized carbons (Fsp3) is 0.700. The summed E-state index contributed by atoms with van der Waals surface area (Å²) in [6.45, 7) is 3.35. The minimum absolute atomic E-state index is 0.0379. The van der Waals surface area contributed by atoms with Gasteiger partial charge in [0.05, 0.1) is 18.9 Å². The molecule has 0 unspecified atom stereocenters. The van der Waals surface area contributed by atoms with E-state index in [1.165, 1.54) is 51.1 Å². The van der Waals surface area contributed by atoms with Gasteiger partial charge in [0, 0.05) is 23.7 Å². The Hall–Kier alpha value is -1.66. The molecule has 1 aromatic rings. The van der Waals surface area contributed by atoms with Crippen LogP contribution in [0.2, 0.25) is 0 Å². The van der Waals surface area contributed by atoms with Gasteiger partial charge in [0.25, 0.3) is 0 Å². The fourth-order valence-electron chi connectivity index (χ4n) is 2.58. The molecule has 0 aliphatic rings. The Labute approximate surface area is 156 Å². The summed E-state index contributed by atoms with van der Waals surface area (Å²) in [5.74, 6) is -0.697. The number of carboxylic acid groups (broad SMARTS) is 1. The maximum atomic E-state index is 10.2. The Balaban J connectivity index is 0.000000485. The molecule has 0 saturated carbocycles. The molecule has 1 heterocycles. The maximum absolute atomic E-state index is 10.2. The number of aliphatic hydroxyl groups is 2. The molecule has 6 nitrogen and oxygen atoms in total. The van der Waals surface area contributed by atoms with Crippen LogP contribution in [-0.4, -0.2) is 31.4 Å². The van der Waals surface area contributed by atoms with Gasteiger partial charge in [-0.25, -0.2) is 0 Å². The summed E-state index contributed by atoms with van der Waals surface area (Å²) in [5.41, 5.74) is 1.27. The number of aromatic nitrogens is 1. The Morgan fingerprint density at radius 1 is 0.962 bits per heavy atom. The highest BCUT2D eigenvalue weighted by atomic mass is 16.4. The van der Waals surface area contributed by atoms with Crippen LogP contribution in [0.4, 0.5) is 0 Å². The summed E-state index contributed by atoms with van der Waals surface area (Å²) in [4.78, 5) is 14.0. The van der Waals surface area contributed by atoms with Crippen molar-refractivity contribution in [1.82, 2.24) is 4.98 Å². The lowest BCUT2D eigenvalue weighted by atomic mass is 10.1. The molecule has 0 atom stereocenters. The number of pyridine rings is 1. The standard InChI is InChI=1S/C12H24O2.C8H11NO3/c1-2-3-4-5-6-7-8-9-10-11-12(13)14;1-5-8(12)7(4-11)6(3-10)2-9-5/h2-11H2,1H3,(H,13,14);2,10-12H,3-4H2,1H3. The first-order valence-electron chi connectivity index (χ1n) is 9.57. The van der Waals surface area contributed by atoms with Gasteiger partial charge in [-0.1, -0.05) is 58.3 Å². The van der Waals surface area contributed by atoms with E-state index in [4.69, 9.17) is 15.3 Å². The van der Waals surface area contributed by atoms with E-state index in [0.29, 0.717) is 23.2 Å². The third kappa shape index (κ3) is 11.1. The highest BCUT2D eigenvalue weighted by Crippen LogP contribution is 2.23. The van der Waals surface area contributed by atoms with E-state index in [2.05, 4.69) is 11.9 Å². The largest absolute Gasteiger partial charge is 0.506 e. The van der Waals surface area contributed by atoms with Gasteiger partial charge in [0.15, 0.2) is 0 Å². The normalized spacial score (nSPS) is 10.3. The Morgan fingerprint density at radius 3 is 1.96 bits per heavy atom. The van der Waals surface area contributed by atoms with Crippen molar-refractivity contribution < 1.29 is 25.2 Å². The second kappa shape index (κ2) is 15.6. The van der Waals surface area contributed by atoms with Gasteiger partial charge >= 0.3 is 5.97 Å². The highest BCUT2D eigenvalue weighted by Gasteiger charge is 2.09. The summed E-state index contributed by atoms with van der Waals surface area (Å²) >= 11 is 0. The molecule has 0 aliphatic carbocycles. The van der Waals surface area contributed by atoms with Gasteiger partial charge in [0.2, 0.25) is 0 Å². The van der Waals surface area contributed by atoms with Crippen molar-refractivity contribution in [3.05, 3.63) is 23.0 Å². The zero-order valence-electron chi connectivity index (χ0n) is 16.2. The Bertz CT molecular complexity index is 505. The molecule has 0 saturated heterocycles. The summed E-state index contributed by atoms with van der Waals surface area (Å²) in [5, 5.41) is 35.4. The topological polar surface area (TPSA) is 111 Å². The number of carboxylic acids is 1. The molecule has 4 N–H and O–H groups in total. The Kier molecular flexibility index (Phi) is 14.6. The van der Waals surface area contributed by atoms with Crippen LogP contribution in [0.5, 0.6) is 5.75 Å². The number of hydrogen-bond donors (Lipinski definition) is 4. The van der Waals surface area contributed by atoms with Crippen LogP contribution in [0.3, 0.4) is 0 Å². The molecule has 1 rings (SSSR count). The lowest BCUT2D eigenvalue weighted by Gasteiger charge is -2.07. The van der Waals surface area contributed by atoms with E-state index in [0.717, 1.165) is 12.8 Å². The smallest absolute Gasteiger partial charge is 0.303 e. The number of nitrogens with zero attached hydrogens (tertiary/aromatic N) is 1. The first kappa shape index (κ1) is 24.3. The second-order valence-corrected chi connectivity index (χ2v) is 6.48. The third-order valence-electron chi connectivity index (χ3n) is 4.25. The van der Waals surface area contributed by atoms with E-state index in [9.17, 15) is 9.90 Å². The molecule has 0 amide bonds. The molecule has 6 heteroatoms. The van der Waals surface area contributed by atoms with Crippen LogP contribution < -0.4 is 0 Å². The van der Waals surface area contributed by atoms with E-state index in [1.807, 2.05) is 0 Å². The molecule has 26 heavy (non-hydrogen) atoms. The molecule has 150 valence electrons. The zero-order chi connectivity index (χ0) is 19.8. The number of aliphatic hydroxyl groups excluding tert-OH is 2. The van der Waals surface area contributed by atoms with Crippen LogP contribution in [0, 0.1) is 6.92 Å². The number of aliphatic carboxylic acids is 1. The van der Waals surface area contributed by atoms with Gasteiger partial charge in [-0.15, -0.1) is 0 Å². The molecule has 0 aromatic carbocycles. The molecule has 1 aromatic heterocycles. The zero-order valence-corrected chi connectivity index (χ0v) is 16.2. The number of unbranched alkanes of at least 4 members (excludes halogenated alkanes) is 8. The predicted molar refractivity (Wildman–Crippen MR) is 102 cm³/mol. The van der Waals surface area contributed by atoms with Crippen LogP contribution in [0.25, 0.3) is 0 Å². The van der Waals surface area contributed by atoms with E-state index < -0.39 is 5.97 Å². The van der Waals surface area contributed by atoms with E-state index in [-0.39, 0.29) is 19.0 Å². The monoisotopic (exact) mass is 369 g/mol. The Morgan fingerprint density at radius 2 is 1.50 bits per heavy atom. The first-order valence-corrected chi connectivity index (χ1v) is 9.57. The maximum Gasteiger partial charge on any atom is 0.303 e. The lowest BCUT2D eigenvalue weighted by Crippen LogP contribution is -1.98. The van der Waals surface area contributed by atoms with E-state index in [1.54, 1.807) is 6.92 Å². The predicted octanol–water partition coefficient (Wildman–Crippen LogP) is 4.07.